The van der Waals surface area contributed by atoms with Gasteiger partial charge in [0.05, 0.1) is 56.4 Å². The van der Waals surface area contributed by atoms with E-state index in [4.69, 9.17) is 44.5 Å². The van der Waals surface area contributed by atoms with Gasteiger partial charge in [-0.1, -0.05) is 11.6 Å². The van der Waals surface area contributed by atoms with E-state index >= 15 is 0 Å². The van der Waals surface area contributed by atoms with Crippen LogP contribution in [0.15, 0.2) is 122 Å². The molecular weight excluding hydrogens is 824 g/mol. The zero-order valence-electron chi connectivity index (χ0n) is 38.8. The maximum absolute atomic E-state index is 6.26. The van der Waals surface area contributed by atoms with Gasteiger partial charge in [-0.15, -0.1) is 0 Å². The fraction of sp³-hybridized carbons (Fsp3) is 0.375. The van der Waals surface area contributed by atoms with Crippen LogP contribution in [0.5, 0.6) is 0 Å². The molecule has 12 nitrogen and oxygen atoms in total. The Labute approximate surface area is 383 Å². The van der Waals surface area contributed by atoms with Gasteiger partial charge in [-0.2, -0.15) is 0 Å². The molecule has 0 atom stereocenters. The van der Waals surface area contributed by atoms with E-state index in [-0.39, 0.29) is 22.4 Å². The molecule has 0 saturated carbocycles. The molecule has 3 saturated heterocycles. The van der Waals surface area contributed by atoms with E-state index in [0.717, 1.165) is 50.5 Å². The first kappa shape index (κ1) is 47.1. The summed E-state index contributed by atoms with van der Waals surface area (Å²) in [5.41, 5.74) is 6.09. The van der Waals surface area contributed by atoms with Gasteiger partial charge in [0.25, 0.3) is 0 Å². The normalized spacial score (nSPS) is 19.6. The van der Waals surface area contributed by atoms with E-state index in [9.17, 15) is 0 Å². The van der Waals surface area contributed by atoms with Gasteiger partial charge in [-0.05, 0) is 161 Å². The van der Waals surface area contributed by atoms with Gasteiger partial charge >= 0.3 is 21.1 Å². The molecule has 6 aromatic heterocycles. The van der Waals surface area contributed by atoms with Crippen molar-refractivity contribution in [2.45, 2.75) is 117 Å². The minimum absolute atomic E-state index is 0.360. The molecule has 3 fully saturated rings. The molecule has 330 valence electrons. The van der Waals surface area contributed by atoms with E-state index in [1.165, 1.54) is 0 Å². The first-order valence-corrected chi connectivity index (χ1v) is 21.8. The second kappa shape index (κ2) is 18.2. The summed E-state index contributed by atoms with van der Waals surface area (Å²) in [6, 6.07) is 23.2. The largest absolute Gasteiger partial charge is 0.494 e. The van der Waals surface area contributed by atoms with Crippen molar-refractivity contribution in [3.05, 3.63) is 127 Å². The Hall–Kier alpha value is -4.86. The Morgan fingerprint density at radius 2 is 0.594 bits per heavy atom. The van der Waals surface area contributed by atoms with Gasteiger partial charge in [-0.3, -0.25) is 19.9 Å². The van der Waals surface area contributed by atoms with E-state index in [1.807, 2.05) is 128 Å². The summed E-state index contributed by atoms with van der Waals surface area (Å²) in [5, 5.41) is 0.661. The third-order valence-corrected chi connectivity index (χ3v) is 13.1. The van der Waals surface area contributed by atoms with Gasteiger partial charge < -0.3 is 27.9 Å². The van der Waals surface area contributed by atoms with E-state index in [0.29, 0.717) is 5.02 Å². The summed E-state index contributed by atoms with van der Waals surface area (Å²) in [4.78, 5) is 25.7. The molecule has 0 radical (unpaired) electrons. The van der Waals surface area contributed by atoms with Crippen LogP contribution in [0, 0.1) is 0 Å². The predicted molar refractivity (Wildman–Crippen MR) is 254 cm³/mol. The number of nitrogens with zero attached hydrogens (tertiary/aromatic N) is 6. The average molecular weight is 881 g/mol. The smallest absolute Gasteiger partial charge is 0.405 e. The summed E-state index contributed by atoms with van der Waals surface area (Å²) < 4.78 is 36.4. The second-order valence-electron chi connectivity index (χ2n) is 19.0. The molecule has 0 aliphatic carbocycles. The summed E-state index contributed by atoms with van der Waals surface area (Å²) in [5.74, 6) is 0. The van der Waals surface area contributed by atoms with Crippen molar-refractivity contribution in [2.24, 2.45) is 0 Å². The lowest BCUT2D eigenvalue weighted by Crippen LogP contribution is -2.41. The number of rotatable bonds is 6. The zero-order valence-corrected chi connectivity index (χ0v) is 39.5. The van der Waals surface area contributed by atoms with Crippen LogP contribution in [0.25, 0.3) is 45.0 Å². The third-order valence-electron chi connectivity index (χ3n) is 12.8. The highest BCUT2D eigenvalue weighted by atomic mass is 35.5. The number of aromatic nitrogens is 6. The molecule has 9 heterocycles. The van der Waals surface area contributed by atoms with Crippen LogP contribution in [-0.2, 0) is 27.9 Å². The summed E-state index contributed by atoms with van der Waals surface area (Å²) in [6.45, 7) is 24.4. The molecule has 0 N–H and O–H groups in total. The lowest BCUT2D eigenvalue weighted by molar-refractivity contribution is 0.00578. The van der Waals surface area contributed by atoms with Crippen LogP contribution in [-0.4, -0.2) is 84.6 Å². The highest BCUT2D eigenvalue weighted by molar-refractivity contribution is 7.11. The van der Waals surface area contributed by atoms with Crippen LogP contribution in [0.2, 0.25) is 5.02 Å². The number of pyridine rings is 6. The van der Waals surface area contributed by atoms with Gasteiger partial charge in [0, 0.05) is 76.9 Å². The van der Waals surface area contributed by atoms with Crippen molar-refractivity contribution in [3.8, 4) is 45.0 Å². The Bertz CT molecular complexity index is 2330. The van der Waals surface area contributed by atoms with E-state index < -0.39 is 32.3 Å². The van der Waals surface area contributed by atoms with Crippen LogP contribution < -0.4 is 5.46 Å². The summed E-state index contributed by atoms with van der Waals surface area (Å²) in [7, 11) is -1.40. The SMILES string of the molecule is CC1(C)OB(B2OC(C)(C)C(C)(C)O2)OC1(C)C.CC1(C)OB(c2cc(-c3ccncc3)nc(-c3ccncc3)c2)OC1(C)C.Clc1cc(-c2ccncc2)nc(-c2ccncc2)c1. The quantitative estimate of drug-likeness (QED) is 0.148. The predicted octanol–water partition coefficient (Wildman–Crippen LogP) is 9.61. The number of halogens is 1. The molecule has 3 aliphatic rings. The maximum Gasteiger partial charge on any atom is 0.494 e. The lowest BCUT2D eigenvalue weighted by Gasteiger charge is -2.32. The summed E-state index contributed by atoms with van der Waals surface area (Å²) in [6.07, 6.45) is 14.0. The Morgan fingerprint density at radius 1 is 0.359 bits per heavy atom. The van der Waals surface area contributed by atoms with E-state index in [1.54, 1.807) is 49.6 Å². The third kappa shape index (κ3) is 10.3. The Balaban J connectivity index is 0.000000148. The van der Waals surface area contributed by atoms with Crippen molar-refractivity contribution in [1.82, 2.24) is 29.9 Å². The molecule has 6 aromatic rings. The minimum Gasteiger partial charge on any atom is -0.405 e. The number of hydrogen-bond donors (Lipinski definition) is 0. The highest BCUT2D eigenvalue weighted by Gasteiger charge is 2.63. The fourth-order valence-electron chi connectivity index (χ4n) is 6.85. The standard InChI is InChI=1S/C21H22BN3O2.C15H10ClN3.C12H24B2O4/c1-20(2)21(3,4)27-22(26-20)17-13-18(15-5-9-23-10-6-15)25-19(14-17)16-7-11-24-12-8-16;16-13-9-14(11-1-5-17-6-2-11)19-15(10-13)12-3-7-18-8-4-12;1-9(2)10(3,4)16-13(15-9)14-17-11(5,6)12(7,8)18-14/h5-14H,1-4H3;1-10H;1-8H3. The van der Waals surface area contributed by atoms with Crippen LogP contribution in [0.3, 0.4) is 0 Å². The van der Waals surface area contributed by atoms with Crippen molar-refractivity contribution in [2.75, 3.05) is 0 Å². The Morgan fingerprint density at radius 3 is 0.859 bits per heavy atom. The molecule has 0 bridgehead atoms. The molecule has 9 rings (SSSR count). The molecular formula is C48H56B3ClN6O6. The molecule has 3 aliphatic heterocycles. The van der Waals surface area contributed by atoms with Crippen LogP contribution in [0.4, 0.5) is 0 Å². The first-order valence-electron chi connectivity index (χ1n) is 21.4. The minimum atomic E-state index is -0.476. The van der Waals surface area contributed by atoms with Gasteiger partial charge in [0.1, 0.15) is 0 Å². The van der Waals surface area contributed by atoms with Crippen molar-refractivity contribution >= 4 is 38.2 Å². The van der Waals surface area contributed by atoms with Gasteiger partial charge in [-0.25, -0.2) is 9.97 Å². The van der Waals surface area contributed by atoms with Gasteiger partial charge in [0.15, 0.2) is 0 Å². The fourth-order valence-corrected chi connectivity index (χ4v) is 7.05. The second-order valence-corrected chi connectivity index (χ2v) is 19.4. The van der Waals surface area contributed by atoms with Gasteiger partial charge in [0.2, 0.25) is 0 Å². The first-order chi connectivity index (χ1) is 30.1. The summed E-state index contributed by atoms with van der Waals surface area (Å²) >= 11 is 6.18. The topological polar surface area (TPSA) is 133 Å². The zero-order chi connectivity index (χ0) is 46.1. The lowest BCUT2D eigenvalue weighted by atomic mass is 9.49. The van der Waals surface area contributed by atoms with Crippen LogP contribution in [0.1, 0.15) is 83.1 Å². The van der Waals surface area contributed by atoms with E-state index in [2.05, 4.69) is 52.6 Å². The molecule has 64 heavy (non-hydrogen) atoms. The molecule has 0 spiro atoms. The van der Waals surface area contributed by atoms with Crippen LogP contribution >= 0.6 is 11.6 Å². The molecule has 0 amide bonds. The highest BCUT2D eigenvalue weighted by Crippen LogP contribution is 2.43. The average Bonchev–Trinajstić information content (AvgIpc) is 3.74. The van der Waals surface area contributed by atoms with Crippen molar-refractivity contribution < 1.29 is 27.9 Å². The molecule has 0 unspecified atom stereocenters. The monoisotopic (exact) mass is 880 g/mol. The van der Waals surface area contributed by atoms with Crippen molar-refractivity contribution in [1.29, 1.82) is 0 Å². The maximum atomic E-state index is 6.26. The Kier molecular flexibility index (Phi) is 13.4. The molecule has 0 aromatic carbocycles. The molecule has 16 heteroatoms. The number of hydrogen-bond acceptors (Lipinski definition) is 12. The van der Waals surface area contributed by atoms with Crippen molar-refractivity contribution in [3.63, 3.8) is 0 Å².